The number of nitrogens with zero attached hydrogens (tertiary/aromatic N) is 1. The van der Waals surface area contributed by atoms with E-state index in [-0.39, 0.29) is 29.7 Å². The highest BCUT2D eigenvalue weighted by Crippen LogP contribution is 2.27. The number of amides is 2. The Bertz CT molecular complexity index is 1010. The Hall–Kier alpha value is -2.66. The average Bonchev–Trinajstić information content (AvgIpc) is 2.66. The van der Waals surface area contributed by atoms with Crippen LogP contribution in [0.5, 0.6) is 5.75 Å². The van der Waals surface area contributed by atoms with Crippen LogP contribution in [-0.4, -0.2) is 52.4 Å². The van der Waals surface area contributed by atoms with E-state index in [4.69, 9.17) is 21.5 Å². The van der Waals surface area contributed by atoms with Gasteiger partial charge >= 0.3 is 0 Å². The Labute approximate surface area is 180 Å². The molecule has 0 saturated heterocycles. The van der Waals surface area contributed by atoms with E-state index in [9.17, 15) is 18.0 Å². The maximum absolute atomic E-state index is 12.2. The number of sulfonamides is 1. The second-order valence-corrected chi connectivity index (χ2v) is 8.50. The van der Waals surface area contributed by atoms with E-state index >= 15 is 0 Å². The second-order valence-electron chi connectivity index (χ2n) is 6.50. The van der Waals surface area contributed by atoms with Crippen molar-refractivity contribution < 1.29 is 22.7 Å². The van der Waals surface area contributed by atoms with Gasteiger partial charge in [0, 0.05) is 23.7 Å². The number of halogens is 1. The molecule has 0 aromatic heterocycles. The lowest BCUT2D eigenvalue weighted by Crippen LogP contribution is -2.32. The number of benzene rings is 2. The van der Waals surface area contributed by atoms with Crippen LogP contribution in [0.25, 0.3) is 0 Å². The molecule has 0 fully saturated rings. The molecule has 4 N–H and O–H groups in total. The van der Waals surface area contributed by atoms with Crippen LogP contribution in [0.2, 0.25) is 5.02 Å². The lowest BCUT2D eigenvalue weighted by atomic mass is 10.3. The van der Waals surface area contributed by atoms with Crippen molar-refractivity contribution in [3.63, 3.8) is 0 Å². The van der Waals surface area contributed by atoms with Gasteiger partial charge in [-0.15, -0.1) is 0 Å². The zero-order valence-electron chi connectivity index (χ0n) is 16.5. The molecule has 2 aromatic rings. The molecule has 30 heavy (non-hydrogen) atoms. The molecule has 0 saturated carbocycles. The summed E-state index contributed by atoms with van der Waals surface area (Å²) in [5.41, 5.74) is 0.907. The standard InChI is InChI=1S/C19H23ClN4O5S/c1-24(12-19(26)23-16-11-13(20)3-8-17(16)29-2)10-9-18(25)22-14-4-6-15(7-5-14)30(21,27)28/h3-8,11H,9-10,12H2,1-2H3,(H,22,25)(H,23,26)(H2,21,27,28). The first-order valence-corrected chi connectivity index (χ1v) is 10.8. The van der Waals surface area contributed by atoms with E-state index in [2.05, 4.69) is 10.6 Å². The van der Waals surface area contributed by atoms with Crippen LogP contribution in [0.3, 0.4) is 0 Å². The second kappa shape index (κ2) is 10.4. The molecule has 2 aromatic carbocycles. The topological polar surface area (TPSA) is 131 Å². The molecule has 2 rings (SSSR count). The van der Waals surface area contributed by atoms with Crippen LogP contribution in [0.4, 0.5) is 11.4 Å². The Morgan fingerprint density at radius 3 is 2.37 bits per heavy atom. The number of nitrogens with one attached hydrogen (secondary N) is 2. The average molecular weight is 455 g/mol. The Morgan fingerprint density at radius 1 is 1.10 bits per heavy atom. The molecule has 11 heteroatoms. The first-order chi connectivity index (χ1) is 14.1. The van der Waals surface area contributed by atoms with Crippen molar-refractivity contribution in [2.24, 2.45) is 5.14 Å². The molecule has 162 valence electrons. The number of likely N-dealkylation sites (N-methyl/N-ethyl adjacent to an activating group) is 1. The molecular weight excluding hydrogens is 432 g/mol. The lowest BCUT2D eigenvalue weighted by molar-refractivity contribution is -0.119. The zero-order chi connectivity index (χ0) is 22.3. The summed E-state index contributed by atoms with van der Waals surface area (Å²) in [6.45, 7) is 0.396. The first-order valence-electron chi connectivity index (χ1n) is 8.83. The molecule has 0 radical (unpaired) electrons. The summed E-state index contributed by atoms with van der Waals surface area (Å²) in [6, 6.07) is 10.4. The van der Waals surface area contributed by atoms with E-state index in [1.807, 2.05) is 0 Å². The summed E-state index contributed by atoms with van der Waals surface area (Å²) in [6.07, 6.45) is 0.140. The minimum Gasteiger partial charge on any atom is -0.495 e. The van der Waals surface area contributed by atoms with Gasteiger partial charge in [0.1, 0.15) is 5.75 Å². The van der Waals surface area contributed by atoms with E-state index in [1.165, 1.54) is 31.4 Å². The van der Waals surface area contributed by atoms with E-state index in [0.29, 0.717) is 28.7 Å². The van der Waals surface area contributed by atoms with Gasteiger partial charge in [0.05, 0.1) is 24.2 Å². The van der Waals surface area contributed by atoms with Gasteiger partial charge in [-0.2, -0.15) is 0 Å². The summed E-state index contributed by atoms with van der Waals surface area (Å²) >= 11 is 5.95. The largest absolute Gasteiger partial charge is 0.495 e. The molecule has 0 aliphatic heterocycles. The van der Waals surface area contributed by atoms with Crippen molar-refractivity contribution >= 4 is 44.8 Å². The number of rotatable bonds is 9. The Morgan fingerprint density at radius 2 is 1.77 bits per heavy atom. The number of nitrogens with two attached hydrogens (primary N) is 1. The molecule has 0 heterocycles. The first kappa shape index (κ1) is 23.6. The predicted molar refractivity (Wildman–Crippen MR) is 115 cm³/mol. The molecule has 2 amide bonds. The summed E-state index contributed by atoms with van der Waals surface area (Å²) in [4.78, 5) is 26.0. The Balaban J connectivity index is 1.81. The minimum atomic E-state index is -3.78. The summed E-state index contributed by atoms with van der Waals surface area (Å²) in [5.74, 6) is -0.0672. The van der Waals surface area contributed by atoms with Gasteiger partial charge in [-0.05, 0) is 49.5 Å². The highest BCUT2D eigenvalue weighted by Gasteiger charge is 2.13. The zero-order valence-corrected chi connectivity index (χ0v) is 18.1. The number of ether oxygens (including phenoxy) is 1. The summed E-state index contributed by atoms with van der Waals surface area (Å²) in [5, 5.41) is 10.9. The molecule has 0 unspecified atom stereocenters. The van der Waals surface area contributed by atoms with Crippen LogP contribution in [0.1, 0.15) is 6.42 Å². The number of carbonyl (C=O) groups is 2. The molecule has 0 atom stereocenters. The van der Waals surface area contributed by atoms with Crippen LogP contribution < -0.4 is 20.5 Å². The third-order valence-electron chi connectivity index (χ3n) is 4.04. The molecule has 0 aliphatic carbocycles. The van der Waals surface area contributed by atoms with Crippen molar-refractivity contribution in [3.05, 3.63) is 47.5 Å². The van der Waals surface area contributed by atoms with E-state index < -0.39 is 10.0 Å². The van der Waals surface area contributed by atoms with Gasteiger partial charge in [-0.3, -0.25) is 14.5 Å². The van der Waals surface area contributed by atoms with Crippen LogP contribution in [0, 0.1) is 0 Å². The number of hydrogen-bond acceptors (Lipinski definition) is 6. The third-order valence-corrected chi connectivity index (χ3v) is 5.20. The van der Waals surface area contributed by atoms with Gasteiger partial charge < -0.3 is 15.4 Å². The van der Waals surface area contributed by atoms with Crippen molar-refractivity contribution in [2.45, 2.75) is 11.3 Å². The van der Waals surface area contributed by atoms with Crippen molar-refractivity contribution in [3.8, 4) is 5.75 Å². The van der Waals surface area contributed by atoms with Crippen molar-refractivity contribution in [1.29, 1.82) is 0 Å². The number of carbonyl (C=O) groups excluding carboxylic acids is 2. The number of primary sulfonamides is 1. The monoisotopic (exact) mass is 454 g/mol. The van der Waals surface area contributed by atoms with E-state index in [1.54, 1.807) is 30.1 Å². The maximum atomic E-state index is 12.2. The van der Waals surface area contributed by atoms with Gasteiger partial charge in [-0.25, -0.2) is 13.6 Å². The summed E-state index contributed by atoms with van der Waals surface area (Å²) < 4.78 is 27.7. The minimum absolute atomic E-state index is 0.0393. The number of hydrogen-bond donors (Lipinski definition) is 3. The SMILES string of the molecule is COc1ccc(Cl)cc1NC(=O)CN(C)CCC(=O)Nc1ccc(S(N)(=O)=O)cc1. The van der Waals surface area contributed by atoms with Gasteiger partial charge in [-0.1, -0.05) is 11.6 Å². The lowest BCUT2D eigenvalue weighted by Gasteiger charge is -2.17. The fourth-order valence-electron chi connectivity index (χ4n) is 2.54. The fraction of sp³-hybridized carbons (Fsp3) is 0.263. The number of anilines is 2. The van der Waals surface area contributed by atoms with Crippen LogP contribution in [0.15, 0.2) is 47.4 Å². The molecule has 9 nitrogen and oxygen atoms in total. The van der Waals surface area contributed by atoms with Gasteiger partial charge in [0.15, 0.2) is 0 Å². The van der Waals surface area contributed by atoms with Crippen LogP contribution >= 0.6 is 11.6 Å². The predicted octanol–water partition coefficient (Wildman–Crippen LogP) is 1.90. The normalized spacial score (nSPS) is 11.2. The smallest absolute Gasteiger partial charge is 0.238 e. The summed E-state index contributed by atoms with van der Waals surface area (Å²) in [7, 11) is -0.580. The molecular formula is C19H23ClN4O5S. The third kappa shape index (κ3) is 7.30. The quantitative estimate of drug-likeness (QED) is 0.530. The maximum Gasteiger partial charge on any atom is 0.238 e. The fourth-order valence-corrected chi connectivity index (χ4v) is 3.22. The number of methoxy groups -OCH3 is 1. The highest BCUT2D eigenvalue weighted by atomic mass is 35.5. The van der Waals surface area contributed by atoms with Gasteiger partial charge in [0.2, 0.25) is 21.8 Å². The highest BCUT2D eigenvalue weighted by molar-refractivity contribution is 7.89. The van der Waals surface area contributed by atoms with Crippen LogP contribution in [-0.2, 0) is 19.6 Å². The van der Waals surface area contributed by atoms with Crippen molar-refractivity contribution in [1.82, 2.24) is 4.90 Å². The van der Waals surface area contributed by atoms with Gasteiger partial charge in [0.25, 0.3) is 0 Å². The molecule has 0 aliphatic rings. The Kier molecular flexibility index (Phi) is 8.18. The molecule has 0 spiro atoms. The van der Waals surface area contributed by atoms with Crippen molar-refractivity contribution in [2.75, 3.05) is 37.9 Å². The molecule has 0 bridgehead atoms. The van der Waals surface area contributed by atoms with E-state index in [0.717, 1.165) is 0 Å².